The van der Waals surface area contributed by atoms with E-state index in [9.17, 15) is 35.6 Å². The third-order valence-corrected chi connectivity index (χ3v) is 12.1. The van der Waals surface area contributed by atoms with Crippen LogP contribution in [0.1, 0.15) is 77.3 Å². The molecule has 0 spiro atoms. The fourth-order valence-corrected chi connectivity index (χ4v) is 8.75. The number of sulfonamides is 1. The van der Waals surface area contributed by atoms with Gasteiger partial charge in [0.05, 0.1) is 24.1 Å². The monoisotopic (exact) mass is 802 g/mol. The van der Waals surface area contributed by atoms with Crippen molar-refractivity contribution in [3.05, 3.63) is 149 Å². The molecule has 296 valence electrons. The van der Waals surface area contributed by atoms with Crippen LogP contribution in [0.5, 0.6) is 5.75 Å². The average Bonchev–Trinajstić information content (AvgIpc) is 3.21. The van der Waals surface area contributed by atoms with E-state index in [2.05, 4.69) is 9.97 Å². The van der Waals surface area contributed by atoms with Crippen molar-refractivity contribution in [1.29, 1.82) is 0 Å². The molecule has 7 rings (SSSR count). The fourth-order valence-electron chi connectivity index (χ4n) is 6.99. The van der Waals surface area contributed by atoms with Gasteiger partial charge in [-0.2, -0.15) is 4.31 Å². The normalized spacial score (nSPS) is 16.1. The minimum atomic E-state index is -5.26. The van der Waals surface area contributed by atoms with Gasteiger partial charge in [-0.1, -0.05) is 79.9 Å². The van der Waals surface area contributed by atoms with Crippen molar-refractivity contribution < 1.29 is 45.0 Å². The number of anilines is 1. The van der Waals surface area contributed by atoms with Gasteiger partial charge >= 0.3 is 5.97 Å². The molecular weight excluding hydrogens is 765 g/mol. The number of amides is 1. The van der Waals surface area contributed by atoms with Gasteiger partial charge in [0.1, 0.15) is 30.6 Å². The molecule has 1 saturated carbocycles. The maximum atomic E-state index is 14.8. The van der Waals surface area contributed by atoms with E-state index in [4.69, 9.17) is 9.47 Å². The quantitative estimate of drug-likeness (QED) is 0.0668. The Kier molecular flexibility index (Phi) is 12.0. The lowest BCUT2D eigenvalue weighted by molar-refractivity contribution is -0.125. The second kappa shape index (κ2) is 17.2. The first kappa shape index (κ1) is 39.6. The Bertz CT molecular complexity index is 2320. The minimum Gasteiger partial charge on any atom is -0.488 e. The molecule has 2 fully saturated rings. The predicted octanol–water partition coefficient (Wildman–Crippen LogP) is 8.01. The van der Waals surface area contributed by atoms with Crippen LogP contribution in [0.2, 0.25) is 0 Å². The highest BCUT2D eigenvalue weighted by molar-refractivity contribution is 7.89. The molecule has 4 aromatic carbocycles. The summed E-state index contributed by atoms with van der Waals surface area (Å²) in [5.41, 5.74) is 2.87. The van der Waals surface area contributed by atoms with Crippen LogP contribution in [0.3, 0.4) is 0 Å². The molecule has 1 aliphatic carbocycles. The highest BCUT2D eigenvalue weighted by atomic mass is 32.2. The summed E-state index contributed by atoms with van der Waals surface area (Å²) in [7, 11) is -5.26. The van der Waals surface area contributed by atoms with Gasteiger partial charge in [0.2, 0.25) is 15.9 Å². The van der Waals surface area contributed by atoms with Crippen molar-refractivity contribution in [3.63, 3.8) is 0 Å². The van der Waals surface area contributed by atoms with Crippen LogP contribution in [0.4, 0.5) is 23.2 Å². The van der Waals surface area contributed by atoms with Gasteiger partial charge in [-0.05, 0) is 42.5 Å². The summed E-state index contributed by atoms with van der Waals surface area (Å²) >= 11 is 0. The van der Waals surface area contributed by atoms with Crippen LogP contribution in [0.25, 0.3) is 0 Å². The highest BCUT2D eigenvalue weighted by Gasteiger charge is 2.47. The first-order chi connectivity index (χ1) is 27.5. The number of aromatic nitrogens is 2. The minimum absolute atomic E-state index is 0.0257. The average molecular weight is 803 g/mol. The first-order valence-electron chi connectivity index (χ1n) is 18.5. The van der Waals surface area contributed by atoms with Crippen molar-refractivity contribution in [3.8, 4) is 5.75 Å². The zero-order valence-corrected chi connectivity index (χ0v) is 31.4. The number of carbonyl (C=O) groups excluding carboxylic acids is 2. The van der Waals surface area contributed by atoms with E-state index in [1.807, 2.05) is 48.5 Å². The Morgan fingerprint density at radius 3 is 2.02 bits per heavy atom. The summed E-state index contributed by atoms with van der Waals surface area (Å²) in [6.45, 7) is -0.602. The van der Waals surface area contributed by atoms with Gasteiger partial charge < -0.3 is 14.4 Å². The van der Waals surface area contributed by atoms with E-state index < -0.39 is 56.1 Å². The fraction of sp³-hybridized carbons (Fsp3) is 0.286. The number of ether oxygens (including phenoxy) is 2. The number of benzene rings is 4. The Balaban J connectivity index is 1.24. The number of hydrogen-bond donors (Lipinski definition) is 0. The molecule has 57 heavy (non-hydrogen) atoms. The summed E-state index contributed by atoms with van der Waals surface area (Å²) in [5.74, 6) is -9.27. The molecule has 0 N–H and O–H groups in total. The molecular formula is C42H38F4N4O6S. The maximum absolute atomic E-state index is 14.8. The number of carbonyl (C=O) groups is 2. The van der Waals surface area contributed by atoms with Crippen LogP contribution in [0.15, 0.2) is 102 Å². The van der Waals surface area contributed by atoms with E-state index in [-0.39, 0.29) is 61.7 Å². The van der Waals surface area contributed by atoms with E-state index in [1.54, 1.807) is 18.3 Å². The largest absolute Gasteiger partial charge is 0.488 e. The van der Waals surface area contributed by atoms with Crippen LogP contribution in [0, 0.1) is 23.3 Å². The lowest BCUT2D eigenvalue weighted by atomic mass is 9.87. The van der Waals surface area contributed by atoms with E-state index in [0.717, 1.165) is 48.9 Å². The predicted molar refractivity (Wildman–Crippen MR) is 200 cm³/mol. The van der Waals surface area contributed by atoms with Gasteiger partial charge in [0.15, 0.2) is 28.2 Å². The molecule has 1 saturated heterocycles. The Labute approximate surface area is 327 Å². The molecule has 2 aliphatic rings. The van der Waals surface area contributed by atoms with Crippen LogP contribution >= 0.6 is 0 Å². The summed E-state index contributed by atoms with van der Waals surface area (Å²) < 4.78 is 97.4. The molecule has 10 nitrogen and oxygen atoms in total. The molecule has 0 bridgehead atoms. The van der Waals surface area contributed by atoms with Crippen molar-refractivity contribution in [2.75, 3.05) is 11.4 Å². The smallest absolute Gasteiger partial charge is 0.342 e. The van der Waals surface area contributed by atoms with Crippen molar-refractivity contribution in [2.45, 2.75) is 75.1 Å². The van der Waals surface area contributed by atoms with Crippen molar-refractivity contribution in [1.82, 2.24) is 14.3 Å². The Morgan fingerprint density at radius 2 is 1.42 bits per heavy atom. The van der Waals surface area contributed by atoms with Gasteiger partial charge in [-0.25, -0.2) is 30.8 Å². The molecule has 15 heteroatoms. The SMILES string of the molecule is O=C(OCc1ccccc1)c1ccc(N(Cc2cnc(C3CCCCC3)cn2)C(=O)[C@H]2CCN2S(=O)(=O)c2c(F)c(F)cc(F)c2F)cc1OCc1ccccc1. The molecule has 1 aromatic heterocycles. The number of halogens is 4. The summed E-state index contributed by atoms with van der Waals surface area (Å²) in [5, 5.41) is 0. The van der Waals surface area contributed by atoms with Gasteiger partial charge in [-0.15, -0.1) is 0 Å². The van der Waals surface area contributed by atoms with Crippen LogP contribution in [-0.2, 0) is 39.3 Å². The van der Waals surface area contributed by atoms with Crippen molar-refractivity contribution >= 4 is 27.6 Å². The molecule has 5 aromatic rings. The molecule has 1 aliphatic heterocycles. The maximum Gasteiger partial charge on any atom is 0.342 e. The lowest BCUT2D eigenvalue weighted by Gasteiger charge is -2.41. The molecule has 1 amide bonds. The topological polar surface area (TPSA) is 119 Å². The van der Waals surface area contributed by atoms with Gasteiger partial charge in [0, 0.05) is 36.5 Å². The Hall–Kier alpha value is -5.67. The molecule has 1 atom stereocenters. The zero-order valence-electron chi connectivity index (χ0n) is 30.6. The molecule has 2 heterocycles. The second-order valence-electron chi connectivity index (χ2n) is 13.9. The van der Waals surface area contributed by atoms with E-state index in [0.29, 0.717) is 10.00 Å². The standard InChI is InChI=1S/C42H38F4N4O6S/c43-33-21-34(44)39(46)40(38(33)45)57(53,54)50-19-18-36(50)41(51)49(24-30-22-48-35(23-47-30)29-14-8-3-9-15-29)31-16-17-32(42(52)56-26-28-12-6-2-7-13-28)37(20-31)55-25-27-10-4-1-5-11-27/h1-2,4-7,10-13,16-17,20-23,29,36H,3,8-9,14-15,18-19,24-26H2/t36-/m1/s1. The zero-order chi connectivity index (χ0) is 40.1. The molecule has 0 unspecified atom stereocenters. The van der Waals surface area contributed by atoms with Gasteiger partial charge in [-0.3, -0.25) is 14.8 Å². The summed E-state index contributed by atoms with van der Waals surface area (Å²) in [4.78, 5) is 36.6. The van der Waals surface area contributed by atoms with E-state index >= 15 is 0 Å². The van der Waals surface area contributed by atoms with Crippen LogP contribution in [-0.4, -0.2) is 47.2 Å². The molecule has 0 radical (unpaired) electrons. The first-order valence-corrected chi connectivity index (χ1v) is 19.9. The summed E-state index contributed by atoms with van der Waals surface area (Å²) in [6.07, 6.45) is 8.37. The lowest BCUT2D eigenvalue weighted by Crippen LogP contribution is -2.59. The van der Waals surface area contributed by atoms with Crippen LogP contribution < -0.4 is 9.64 Å². The number of hydrogen-bond acceptors (Lipinski definition) is 8. The number of nitrogens with zero attached hydrogens (tertiary/aromatic N) is 4. The van der Waals surface area contributed by atoms with Crippen molar-refractivity contribution in [2.24, 2.45) is 0 Å². The highest BCUT2D eigenvalue weighted by Crippen LogP contribution is 2.36. The third-order valence-electron chi connectivity index (χ3n) is 10.2. The van der Waals surface area contributed by atoms with Gasteiger partial charge in [0.25, 0.3) is 0 Å². The Morgan fingerprint density at radius 1 is 0.772 bits per heavy atom. The second-order valence-corrected chi connectivity index (χ2v) is 15.8. The number of rotatable bonds is 13. The third kappa shape index (κ3) is 8.69. The van der Waals surface area contributed by atoms with E-state index in [1.165, 1.54) is 29.3 Å². The summed E-state index contributed by atoms with van der Waals surface area (Å²) in [6, 6.07) is 20.9. The number of esters is 1.